The molecular formula is C20H17NO3. The molecule has 0 spiro atoms. The van der Waals surface area contributed by atoms with Crippen LogP contribution in [0.1, 0.15) is 16.7 Å². The second-order valence-corrected chi connectivity index (χ2v) is 5.39. The second-order valence-electron chi connectivity index (χ2n) is 5.39. The summed E-state index contributed by atoms with van der Waals surface area (Å²) < 4.78 is 10.3. The monoisotopic (exact) mass is 319 g/mol. The van der Waals surface area contributed by atoms with Crippen molar-refractivity contribution in [3.8, 4) is 5.75 Å². The second kappa shape index (κ2) is 6.96. The van der Waals surface area contributed by atoms with E-state index in [1.807, 2.05) is 61.5 Å². The van der Waals surface area contributed by atoms with Crippen LogP contribution in [0.5, 0.6) is 5.75 Å². The highest BCUT2D eigenvalue weighted by Crippen LogP contribution is 2.19. The summed E-state index contributed by atoms with van der Waals surface area (Å²) in [6, 6.07) is 15.4. The fraction of sp³-hybridized carbons (Fsp3) is 0.100. The molecule has 2 aromatic carbocycles. The van der Waals surface area contributed by atoms with Crippen LogP contribution in [0, 0.1) is 6.92 Å². The topological polar surface area (TPSA) is 47.9 Å². The molecule has 0 aliphatic carbocycles. The molecule has 4 heteroatoms. The smallest absolute Gasteiger partial charge is 0.363 e. The average Bonchev–Trinajstić information content (AvgIpc) is 2.94. The quantitative estimate of drug-likeness (QED) is 0.632. The molecule has 120 valence electrons. The van der Waals surface area contributed by atoms with E-state index < -0.39 is 5.97 Å². The Morgan fingerprint density at radius 3 is 2.58 bits per heavy atom. The van der Waals surface area contributed by atoms with Crippen LogP contribution in [-0.2, 0) is 9.53 Å². The minimum absolute atomic E-state index is 0.270. The summed E-state index contributed by atoms with van der Waals surface area (Å²) in [4.78, 5) is 16.2. The predicted octanol–water partition coefficient (Wildman–Crippen LogP) is 4.01. The molecule has 0 N–H and O–H groups in total. The largest absolute Gasteiger partial charge is 0.497 e. The van der Waals surface area contributed by atoms with E-state index in [4.69, 9.17) is 9.47 Å². The number of benzene rings is 2. The lowest BCUT2D eigenvalue weighted by atomic mass is 10.1. The van der Waals surface area contributed by atoms with Gasteiger partial charge in [-0.25, -0.2) is 9.79 Å². The third kappa shape index (κ3) is 3.79. The summed E-state index contributed by atoms with van der Waals surface area (Å²) in [5, 5.41) is 0. The van der Waals surface area contributed by atoms with Gasteiger partial charge in [0.25, 0.3) is 0 Å². The SMILES string of the molecule is COc1cccc(C=C2N=C(C=Cc3ccc(C)cc3)OC2=O)c1. The minimum atomic E-state index is -0.457. The van der Waals surface area contributed by atoms with Gasteiger partial charge in [0.2, 0.25) is 5.90 Å². The Morgan fingerprint density at radius 1 is 1.04 bits per heavy atom. The fourth-order valence-corrected chi connectivity index (χ4v) is 2.23. The Kier molecular flexibility index (Phi) is 4.57. The third-order valence-electron chi connectivity index (χ3n) is 3.53. The van der Waals surface area contributed by atoms with Crippen LogP contribution >= 0.6 is 0 Å². The van der Waals surface area contributed by atoms with Gasteiger partial charge >= 0.3 is 5.97 Å². The van der Waals surface area contributed by atoms with Crippen molar-refractivity contribution in [1.82, 2.24) is 0 Å². The molecule has 0 fully saturated rings. The normalized spacial score (nSPS) is 15.7. The molecule has 0 atom stereocenters. The van der Waals surface area contributed by atoms with Gasteiger partial charge in [-0.1, -0.05) is 42.0 Å². The first-order chi connectivity index (χ1) is 11.6. The number of cyclic esters (lactones) is 1. The van der Waals surface area contributed by atoms with Crippen LogP contribution in [0.4, 0.5) is 0 Å². The standard InChI is InChI=1S/C20H17NO3/c1-14-6-8-15(9-7-14)10-11-19-21-18(20(22)24-19)13-16-4-3-5-17(12-16)23-2/h3-13H,1-2H3. The molecule has 2 aromatic rings. The van der Waals surface area contributed by atoms with Crippen LogP contribution < -0.4 is 4.74 Å². The number of carbonyl (C=O) groups excluding carboxylic acids is 1. The van der Waals surface area contributed by atoms with E-state index in [1.54, 1.807) is 19.3 Å². The predicted molar refractivity (Wildman–Crippen MR) is 94.7 cm³/mol. The molecule has 4 nitrogen and oxygen atoms in total. The Labute approximate surface area is 140 Å². The van der Waals surface area contributed by atoms with Gasteiger partial charge < -0.3 is 9.47 Å². The summed E-state index contributed by atoms with van der Waals surface area (Å²) in [7, 11) is 1.60. The summed E-state index contributed by atoms with van der Waals surface area (Å²) in [5.74, 6) is 0.551. The zero-order valence-corrected chi connectivity index (χ0v) is 13.5. The first-order valence-electron chi connectivity index (χ1n) is 7.55. The average molecular weight is 319 g/mol. The molecule has 1 heterocycles. The number of ether oxygens (including phenoxy) is 2. The molecule has 0 aromatic heterocycles. The summed E-state index contributed by atoms with van der Waals surface area (Å²) in [5.41, 5.74) is 3.31. The van der Waals surface area contributed by atoms with Crippen LogP contribution in [0.3, 0.4) is 0 Å². The molecule has 3 rings (SSSR count). The summed E-state index contributed by atoms with van der Waals surface area (Å²) >= 11 is 0. The van der Waals surface area contributed by atoms with Crippen molar-refractivity contribution >= 4 is 24.0 Å². The van der Waals surface area contributed by atoms with Gasteiger partial charge in [0.15, 0.2) is 5.70 Å². The van der Waals surface area contributed by atoms with E-state index in [9.17, 15) is 4.79 Å². The molecule has 24 heavy (non-hydrogen) atoms. The van der Waals surface area contributed by atoms with Gasteiger partial charge in [-0.05, 0) is 42.3 Å². The molecule has 0 amide bonds. The Hall–Kier alpha value is -3.14. The zero-order chi connectivity index (χ0) is 16.9. The van der Waals surface area contributed by atoms with Crippen molar-refractivity contribution in [2.45, 2.75) is 6.92 Å². The number of aryl methyl sites for hydroxylation is 1. The number of esters is 1. The maximum Gasteiger partial charge on any atom is 0.363 e. The highest BCUT2D eigenvalue weighted by molar-refractivity contribution is 6.11. The number of hydrogen-bond acceptors (Lipinski definition) is 4. The maximum atomic E-state index is 11.9. The van der Waals surface area contributed by atoms with Gasteiger partial charge in [0, 0.05) is 6.08 Å². The fourth-order valence-electron chi connectivity index (χ4n) is 2.23. The lowest BCUT2D eigenvalue weighted by Gasteiger charge is -2.00. The van der Waals surface area contributed by atoms with Gasteiger partial charge in [-0.3, -0.25) is 0 Å². The van der Waals surface area contributed by atoms with Gasteiger partial charge in [0.05, 0.1) is 7.11 Å². The number of methoxy groups -OCH3 is 1. The number of carbonyl (C=O) groups is 1. The van der Waals surface area contributed by atoms with E-state index >= 15 is 0 Å². The highest BCUT2D eigenvalue weighted by atomic mass is 16.6. The molecule has 0 bridgehead atoms. The van der Waals surface area contributed by atoms with Crippen LogP contribution in [0.2, 0.25) is 0 Å². The van der Waals surface area contributed by atoms with Crippen molar-refractivity contribution in [3.63, 3.8) is 0 Å². The molecular weight excluding hydrogens is 302 g/mol. The Morgan fingerprint density at radius 2 is 1.83 bits per heavy atom. The molecule has 1 aliphatic heterocycles. The highest BCUT2D eigenvalue weighted by Gasteiger charge is 2.21. The van der Waals surface area contributed by atoms with Crippen molar-refractivity contribution in [2.75, 3.05) is 7.11 Å². The van der Waals surface area contributed by atoms with Gasteiger partial charge in [-0.2, -0.15) is 0 Å². The van der Waals surface area contributed by atoms with Gasteiger partial charge in [0.1, 0.15) is 5.75 Å². The van der Waals surface area contributed by atoms with Crippen molar-refractivity contribution < 1.29 is 14.3 Å². The van der Waals surface area contributed by atoms with E-state index in [-0.39, 0.29) is 11.6 Å². The minimum Gasteiger partial charge on any atom is -0.497 e. The first kappa shape index (κ1) is 15.7. The number of hydrogen-bond donors (Lipinski definition) is 0. The van der Waals surface area contributed by atoms with Crippen LogP contribution in [0.25, 0.3) is 12.2 Å². The van der Waals surface area contributed by atoms with E-state index in [1.165, 1.54) is 5.56 Å². The number of nitrogens with zero attached hydrogens (tertiary/aromatic N) is 1. The molecule has 0 radical (unpaired) electrons. The van der Waals surface area contributed by atoms with E-state index in [0.717, 1.165) is 16.9 Å². The molecule has 0 saturated carbocycles. The van der Waals surface area contributed by atoms with E-state index in [0.29, 0.717) is 0 Å². The van der Waals surface area contributed by atoms with Crippen LogP contribution in [0.15, 0.2) is 65.3 Å². The Balaban J connectivity index is 1.79. The first-order valence-corrected chi connectivity index (χ1v) is 7.55. The summed E-state index contributed by atoms with van der Waals surface area (Å²) in [6.07, 6.45) is 5.23. The van der Waals surface area contributed by atoms with E-state index in [2.05, 4.69) is 4.99 Å². The Bertz CT molecular complexity index is 845. The van der Waals surface area contributed by atoms with Crippen LogP contribution in [-0.4, -0.2) is 19.0 Å². The molecule has 0 saturated heterocycles. The number of aliphatic imine (C=N–C) groups is 1. The maximum absolute atomic E-state index is 11.9. The lowest BCUT2D eigenvalue weighted by Crippen LogP contribution is -2.01. The van der Waals surface area contributed by atoms with Crippen molar-refractivity contribution in [2.24, 2.45) is 4.99 Å². The molecule has 1 aliphatic rings. The zero-order valence-electron chi connectivity index (χ0n) is 13.5. The van der Waals surface area contributed by atoms with Crippen molar-refractivity contribution in [1.29, 1.82) is 0 Å². The number of rotatable bonds is 4. The van der Waals surface area contributed by atoms with Crippen molar-refractivity contribution in [3.05, 3.63) is 77.0 Å². The lowest BCUT2D eigenvalue weighted by molar-refractivity contribution is -0.129. The van der Waals surface area contributed by atoms with Gasteiger partial charge in [-0.15, -0.1) is 0 Å². The summed E-state index contributed by atoms with van der Waals surface area (Å²) in [6.45, 7) is 2.03. The molecule has 0 unspecified atom stereocenters. The third-order valence-corrected chi connectivity index (χ3v) is 3.53.